The van der Waals surface area contributed by atoms with Crippen LogP contribution in [-0.2, 0) is 4.79 Å². The van der Waals surface area contributed by atoms with Crippen molar-refractivity contribution in [2.45, 2.75) is 13.8 Å². The largest absolute Gasteiger partial charge is 0.424 e. The van der Waals surface area contributed by atoms with E-state index in [4.69, 9.17) is 7.80 Å². The number of hydrogen-bond donors (Lipinski definition) is 0. The maximum atomic E-state index is 11.0. The van der Waals surface area contributed by atoms with Gasteiger partial charge >= 0.3 is 5.97 Å². The molecule has 5 nitrogen and oxygen atoms in total. The van der Waals surface area contributed by atoms with E-state index in [1.165, 1.54) is 13.3 Å². The molecule has 0 spiro atoms. The number of nitrogens with zero attached hydrogens (tertiary/aromatic N) is 2. The van der Waals surface area contributed by atoms with Crippen LogP contribution in [0, 0.1) is 6.92 Å². The van der Waals surface area contributed by atoms with Crippen LogP contribution in [-0.4, -0.2) is 15.9 Å². The molecule has 0 saturated carbocycles. The van der Waals surface area contributed by atoms with Gasteiger partial charge in [-0.25, -0.2) is 9.97 Å². The average Bonchev–Trinajstić information content (AvgIpc) is 2.29. The molecule has 0 radical (unpaired) electrons. The minimum absolute atomic E-state index is 0.373. The summed E-state index contributed by atoms with van der Waals surface area (Å²) in [5.41, 5.74) is 1.57. The predicted octanol–water partition coefficient (Wildman–Crippen LogP) is 2.59. The molecular formula is C11H9IN2O3. The molecule has 1 heterocycles. The number of hydrogen-bond acceptors (Lipinski definition) is 5. The summed E-state index contributed by atoms with van der Waals surface area (Å²) >= 11 is 1.73. The molecule has 17 heavy (non-hydrogen) atoms. The van der Waals surface area contributed by atoms with Crippen molar-refractivity contribution in [3.8, 4) is 11.5 Å². The number of ether oxygens (including phenoxy) is 1. The lowest BCUT2D eigenvalue weighted by Crippen LogP contribution is -2.02. The first-order chi connectivity index (χ1) is 8.11. The van der Waals surface area contributed by atoms with E-state index in [-0.39, 0.29) is 0 Å². The Balaban J connectivity index is 2.65. The quantitative estimate of drug-likeness (QED) is 0.476. The Morgan fingerprint density at radius 3 is 2.71 bits per heavy atom. The molecule has 0 aliphatic heterocycles. The minimum atomic E-state index is -0.395. The van der Waals surface area contributed by atoms with Crippen molar-refractivity contribution < 1.29 is 12.6 Å². The number of carbonyl (C=O) groups is 1. The van der Waals surface area contributed by atoms with Gasteiger partial charge in [-0.15, -0.1) is 0 Å². The van der Waals surface area contributed by atoms with Gasteiger partial charge in [0, 0.05) is 24.1 Å². The molecule has 2 aromatic rings. The summed E-state index contributed by atoms with van der Waals surface area (Å²) < 4.78 is 10.2. The summed E-state index contributed by atoms with van der Waals surface area (Å²) in [5, 5.41) is 0.834. The average molecular weight is 344 g/mol. The monoisotopic (exact) mass is 344 g/mol. The Labute approximate surface area is 112 Å². The first-order valence-corrected chi connectivity index (χ1v) is 5.72. The van der Waals surface area contributed by atoms with E-state index in [0.29, 0.717) is 11.5 Å². The van der Waals surface area contributed by atoms with Crippen LogP contribution >= 0.6 is 23.0 Å². The standard InChI is InChI=1S/C11H9IN2O3/c1-6-8-3-10(16-7(2)15)11(17-12)4-9(8)14-5-13-6/h3-5H,1-2H3. The Bertz CT molecular complexity index is 586. The van der Waals surface area contributed by atoms with Crippen molar-refractivity contribution in [2.24, 2.45) is 0 Å². The lowest BCUT2D eigenvalue weighted by molar-refractivity contribution is -0.131. The summed E-state index contributed by atoms with van der Waals surface area (Å²) in [6, 6.07) is 3.43. The fourth-order valence-electron chi connectivity index (χ4n) is 1.49. The number of benzene rings is 1. The Hall–Kier alpha value is -1.44. The van der Waals surface area contributed by atoms with E-state index in [2.05, 4.69) is 9.97 Å². The molecule has 0 N–H and O–H groups in total. The van der Waals surface area contributed by atoms with E-state index in [1.807, 2.05) is 6.92 Å². The lowest BCUT2D eigenvalue weighted by Gasteiger charge is -2.08. The van der Waals surface area contributed by atoms with Gasteiger partial charge in [0.25, 0.3) is 0 Å². The molecule has 0 bridgehead atoms. The second-order valence-corrected chi connectivity index (χ2v) is 3.89. The van der Waals surface area contributed by atoms with Gasteiger partial charge in [0.15, 0.2) is 34.5 Å². The number of rotatable bonds is 2. The van der Waals surface area contributed by atoms with Crippen molar-refractivity contribution in [1.29, 1.82) is 0 Å². The van der Waals surface area contributed by atoms with E-state index < -0.39 is 5.97 Å². The van der Waals surface area contributed by atoms with Gasteiger partial charge in [0.2, 0.25) is 0 Å². The van der Waals surface area contributed by atoms with Crippen molar-refractivity contribution in [3.05, 3.63) is 24.2 Å². The fourth-order valence-corrected chi connectivity index (χ4v) is 1.83. The van der Waals surface area contributed by atoms with Crippen LogP contribution in [0.3, 0.4) is 0 Å². The number of aromatic nitrogens is 2. The SMILES string of the molecule is CC(=O)Oc1cc2c(C)ncnc2cc1OI. The Kier molecular flexibility index (Phi) is 3.41. The molecule has 2 rings (SSSR count). The predicted molar refractivity (Wildman–Crippen MR) is 70.2 cm³/mol. The van der Waals surface area contributed by atoms with E-state index in [0.717, 1.165) is 16.6 Å². The molecule has 88 valence electrons. The Morgan fingerprint density at radius 2 is 2.06 bits per heavy atom. The van der Waals surface area contributed by atoms with Gasteiger partial charge in [-0.3, -0.25) is 4.79 Å². The third kappa shape index (κ3) is 2.46. The molecule has 0 aliphatic rings. The van der Waals surface area contributed by atoms with Crippen LogP contribution in [0.2, 0.25) is 0 Å². The molecule has 1 aromatic carbocycles. The number of halogens is 1. The number of esters is 1. The Morgan fingerprint density at radius 1 is 1.29 bits per heavy atom. The maximum absolute atomic E-state index is 11.0. The topological polar surface area (TPSA) is 61.3 Å². The fraction of sp³-hybridized carbons (Fsp3) is 0.182. The van der Waals surface area contributed by atoms with E-state index >= 15 is 0 Å². The number of fused-ring (bicyclic) bond motifs is 1. The van der Waals surface area contributed by atoms with Gasteiger partial charge in [-0.2, -0.15) is 0 Å². The number of aryl methyl sites for hydroxylation is 1. The first kappa shape index (κ1) is 12.0. The van der Waals surface area contributed by atoms with Gasteiger partial charge in [0.05, 0.1) is 5.52 Å². The summed E-state index contributed by atoms with van der Waals surface area (Å²) in [5.74, 6) is 0.442. The smallest absolute Gasteiger partial charge is 0.308 e. The highest BCUT2D eigenvalue weighted by molar-refractivity contribution is 14.1. The third-order valence-electron chi connectivity index (χ3n) is 2.24. The summed E-state index contributed by atoms with van der Waals surface area (Å²) in [4.78, 5) is 19.2. The van der Waals surface area contributed by atoms with Gasteiger partial charge < -0.3 is 7.80 Å². The highest BCUT2D eigenvalue weighted by Gasteiger charge is 2.11. The summed E-state index contributed by atoms with van der Waals surface area (Å²) in [7, 11) is 0. The zero-order valence-corrected chi connectivity index (χ0v) is 11.4. The van der Waals surface area contributed by atoms with Gasteiger partial charge in [0.1, 0.15) is 6.33 Å². The zero-order valence-electron chi connectivity index (χ0n) is 9.23. The van der Waals surface area contributed by atoms with Crippen molar-refractivity contribution >= 4 is 39.9 Å². The molecule has 0 amide bonds. The molecule has 0 unspecified atom stereocenters. The second-order valence-electron chi connectivity index (χ2n) is 3.45. The third-order valence-corrected chi connectivity index (χ3v) is 2.71. The highest BCUT2D eigenvalue weighted by Crippen LogP contribution is 2.33. The zero-order chi connectivity index (χ0) is 12.4. The van der Waals surface area contributed by atoms with E-state index in [1.54, 1.807) is 35.1 Å². The highest BCUT2D eigenvalue weighted by atomic mass is 127. The molecule has 0 saturated heterocycles. The molecule has 6 heteroatoms. The van der Waals surface area contributed by atoms with E-state index in [9.17, 15) is 4.79 Å². The normalized spacial score (nSPS) is 10.3. The van der Waals surface area contributed by atoms with Crippen LogP contribution in [0.5, 0.6) is 11.5 Å². The first-order valence-electron chi connectivity index (χ1n) is 4.84. The number of carbonyl (C=O) groups excluding carboxylic acids is 1. The molecule has 0 aliphatic carbocycles. The van der Waals surface area contributed by atoms with Crippen LogP contribution < -0.4 is 7.80 Å². The van der Waals surface area contributed by atoms with Crippen molar-refractivity contribution in [2.75, 3.05) is 0 Å². The van der Waals surface area contributed by atoms with Crippen molar-refractivity contribution in [3.63, 3.8) is 0 Å². The van der Waals surface area contributed by atoms with Crippen LogP contribution in [0.4, 0.5) is 0 Å². The maximum Gasteiger partial charge on any atom is 0.308 e. The van der Waals surface area contributed by atoms with Gasteiger partial charge in [-0.05, 0) is 13.0 Å². The van der Waals surface area contributed by atoms with Crippen molar-refractivity contribution in [1.82, 2.24) is 9.97 Å². The van der Waals surface area contributed by atoms with Crippen LogP contribution in [0.15, 0.2) is 18.5 Å². The van der Waals surface area contributed by atoms with Crippen LogP contribution in [0.1, 0.15) is 12.6 Å². The summed E-state index contributed by atoms with van der Waals surface area (Å²) in [6.07, 6.45) is 1.49. The lowest BCUT2D eigenvalue weighted by atomic mass is 10.2. The molecule has 0 atom stereocenters. The van der Waals surface area contributed by atoms with Gasteiger partial charge in [-0.1, -0.05) is 0 Å². The second kappa shape index (κ2) is 4.82. The molecule has 0 fully saturated rings. The molecule has 1 aromatic heterocycles. The summed E-state index contributed by atoms with van der Waals surface area (Å²) in [6.45, 7) is 3.21. The minimum Gasteiger partial charge on any atom is -0.424 e. The van der Waals surface area contributed by atoms with Crippen LogP contribution in [0.25, 0.3) is 10.9 Å². The molecular weight excluding hydrogens is 335 g/mol.